The largest absolute Gasteiger partial charge is 0.488 e. The zero-order valence-corrected chi connectivity index (χ0v) is 25.1. The molecule has 3 aromatic rings. The van der Waals surface area contributed by atoms with Gasteiger partial charge in [-0.25, -0.2) is 4.98 Å². The lowest BCUT2D eigenvalue weighted by atomic mass is 9.85. The van der Waals surface area contributed by atoms with Gasteiger partial charge in [-0.05, 0) is 80.8 Å². The molecule has 0 unspecified atom stereocenters. The van der Waals surface area contributed by atoms with Gasteiger partial charge < -0.3 is 24.4 Å². The average Bonchev–Trinajstić information content (AvgIpc) is 3.55. The van der Waals surface area contributed by atoms with E-state index < -0.39 is 5.97 Å². The zero-order chi connectivity index (χ0) is 29.1. The predicted molar refractivity (Wildman–Crippen MR) is 161 cm³/mol. The lowest BCUT2D eigenvalue weighted by molar-refractivity contribution is -0.144. The molecule has 2 aliphatic rings. The average molecular weight is 578 g/mol. The molecular formula is C32H39N3O5S. The number of anilines is 1. The lowest BCUT2D eigenvalue weighted by Gasteiger charge is -2.35. The number of hydrogen-bond donors (Lipinski definition) is 1. The normalized spacial score (nSPS) is 19.8. The van der Waals surface area contributed by atoms with Crippen LogP contribution >= 0.6 is 11.3 Å². The van der Waals surface area contributed by atoms with Gasteiger partial charge in [0, 0.05) is 49.8 Å². The second-order valence-electron chi connectivity index (χ2n) is 11.2. The maximum atomic E-state index is 12.8. The summed E-state index contributed by atoms with van der Waals surface area (Å²) in [7, 11) is 1.79. The van der Waals surface area contributed by atoms with Crippen LogP contribution in [0.2, 0.25) is 0 Å². The monoisotopic (exact) mass is 577 g/mol. The standard InChI is InChI=1S/C32H39N3O5S/c1-5-39-13-12-34(4)30(36)22-7-10-25(21(3)15-22)18-40-28-11-6-20(2)14-26(28)27-19-41-32(33-27)35-16-23-8-9-24(17-35)29(23)31(37)38/h6-7,10-11,14-15,19,23-24,29H,5,8-9,12-13,16-18H2,1-4H3,(H,37,38)/t23-,24+,29+. The van der Waals surface area contributed by atoms with E-state index in [9.17, 15) is 14.7 Å². The van der Waals surface area contributed by atoms with E-state index in [-0.39, 0.29) is 23.7 Å². The van der Waals surface area contributed by atoms with Crippen LogP contribution in [0.3, 0.4) is 0 Å². The molecule has 218 valence electrons. The number of rotatable bonds is 11. The van der Waals surface area contributed by atoms with Crippen LogP contribution in [-0.4, -0.2) is 66.8 Å². The number of aryl methyl sites for hydroxylation is 2. The molecule has 8 nitrogen and oxygen atoms in total. The highest BCUT2D eigenvalue weighted by Crippen LogP contribution is 2.44. The van der Waals surface area contributed by atoms with E-state index >= 15 is 0 Å². The highest BCUT2D eigenvalue weighted by atomic mass is 32.1. The van der Waals surface area contributed by atoms with Crippen LogP contribution in [0, 0.1) is 31.6 Å². The molecule has 1 aliphatic heterocycles. The summed E-state index contributed by atoms with van der Waals surface area (Å²) < 4.78 is 11.7. The summed E-state index contributed by atoms with van der Waals surface area (Å²) in [6.45, 7) is 9.57. The maximum absolute atomic E-state index is 12.8. The van der Waals surface area contributed by atoms with Gasteiger partial charge in [-0.2, -0.15) is 0 Å². The van der Waals surface area contributed by atoms with Gasteiger partial charge >= 0.3 is 5.97 Å². The molecule has 1 saturated carbocycles. The third-order valence-electron chi connectivity index (χ3n) is 8.39. The van der Waals surface area contributed by atoms with Gasteiger partial charge in [0.2, 0.25) is 0 Å². The van der Waals surface area contributed by atoms with Crippen LogP contribution in [-0.2, 0) is 16.1 Å². The molecule has 1 amide bonds. The number of fused-ring (bicyclic) bond motifs is 2. The molecule has 2 fully saturated rings. The van der Waals surface area contributed by atoms with E-state index in [1.807, 2.05) is 44.2 Å². The zero-order valence-electron chi connectivity index (χ0n) is 24.3. The molecule has 2 heterocycles. The second-order valence-corrected chi connectivity index (χ2v) is 12.1. The maximum Gasteiger partial charge on any atom is 0.307 e. The Morgan fingerprint density at radius 2 is 1.88 bits per heavy atom. The quantitative estimate of drug-likeness (QED) is 0.294. The summed E-state index contributed by atoms with van der Waals surface area (Å²) in [6.07, 6.45) is 1.96. The van der Waals surface area contributed by atoms with Crippen LogP contribution in [0.1, 0.15) is 46.8 Å². The first-order valence-electron chi connectivity index (χ1n) is 14.3. The molecule has 2 bridgehead atoms. The molecule has 41 heavy (non-hydrogen) atoms. The van der Waals surface area contributed by atoms with E-state index in [1.165, 1.54) is 0 Å². The van der Waals surface area contributed by atoms with E-state index in [0.29, 0.717) is 31.9 Å². The number of nitrogens with zero attached hydrogens (tertiary/aromatic N) is 3. The Bertz CT molecular complexity index is 1390. The number of aliphatic carboxylic acids is 1. The molecule has 1 N–H and O–H groups in total. The van der Waals surface area contributed by atoms with Crippen molar-refractivity contribution in [2.45, 2.75) is 40.2 Å². The summed E-state index contributed by atoms with van der Waals surface area (Å²) in [5.41, 5.74) is 5.59. The van der Waals surface area contributed by atoms with E-state index in [0.717, 1.165) is 64.8 Å². The van der Waals surface area contributed by atoms with Crippen LogP contribution in [0.25, 0.3) is 11.3 Å². The summed E-state index contributed by atoms with van der Waals surface area (Å²) >= 11 is 1.60. The molecule has 5 rings (SSSR count). The second kappa shape index (κ2) is 12.6. The minimum Gasteiger partial charge on any atom is -0.488 e. The highest BCUT2D eigenvalue weighted by molar-refractivity contribution is 7.14. The number of carbonyl (C=O) groups excluding carboxylic acids is 1. The fraction of sp³-hybridized carbons (Fsp3) is 0.469. The minimum absolute atomic E-state index is 0.0272. The third kappa shape index (κ3) is 6.41. The number of carboxylic acids is 1. The fourth-order valence-electron chi connectivity index (χ4n) is 6.10. The van der Waals surface area contributed by atoms with Crippen molar-refractivity contribution >= 4 is 28.3 Å². The Kier molecular flexibility index (Phi) is 8.94. The third-order valence-corrected chi connectivity index (χ3v) is 9.29. The molecule has 0 spiro atoms. The van der Waals surface area contributed by atoms with E-state index in [2.05, 4.69) is 23.3 Å². The lowest BCUT2D eigenvalue weighted by Crippen LogP contribution is -2.44. The summed E-state index contributed by atoms with van der Waals surface area (Å²) in [4.78, 5) is 33.5. The predicted octanol–water partition coefficient (Wildman–Crippen LogP) is 5.66. The fourth-order valence-corrected chi connectivity index (χ4v) is 6.95. The molecule has 3 atom stereocenters. The molecule has 2 aromatic carbocycles. The SMILES string of the molecule is CCOCCN(C)C(=O)c1ccc(COc2ccc(C)cc2-c2csc(N3C[C@H]4CC[C@@H](C3)[C@H]4C(=O)O)n2)c(C)c1. The van der Waals surface area contributed by atoms with Crippen molar-refractivity contribution in [3.63, 3.8) is 0 Å². The number of amides is 1. The first kappa shape index (κ1) is 29.1. The Morgan fingerprint density at radius 1 is 1.12 bits per heavy atom. The Labute approximate surface area is 245 Å². The number of carbonyl (C=O) groups is 2. The number of hydrogen-bond acceptors (Lipinski definition) is 7. The van der Waals surface area contributed by atoms with Gasteiger partial charge in [-0.1, -0.05) is 17.7 Å². The summed E-state index contributed by atoms with van der Waals surface area (Å²) in [5.74, 6) is 0.237. The van der Waals surface area contributed by atoms with Crippen molar-refractivity contribution in [2.24, 2.45) is 17.8 Å². The molecule has 1 aromatic heterocycles. The van der Waals surface area contributed by atoms with Crippen molar-refractivity contribution in [2.75, 3.05) is 44.8 Å². The Hall–Kier alpha value is -3.43. The van der Waals surface area contributed by atoms with Crippen LogP contribution in [0.5, 0.6) is 5.75 Å². The molecule has 1 saturated heterocycles. The summed E-state index contributed by atoms with van der Waals surface area (Å²) in [6, 6.07) is 11.9. The molecule has 0 radical (unpaired) electrons. The number of likely N-dealkylation sites (N-methyl/N-ethyl adjacent to an activating group) is 1. The number of piperidine rings is 1. The number of aromatic nitrogens is 1. The first-order valence-corrected chi connectivity index (χ1v) is 15.2. The smallest absolute Gasteiger partial charge is 0.307 e. The number of ether oxygens (including phenoxy) is 2. The first-order chi connectivity index (χ1) is 19.7. The topological polar surface area (TPSA) is 92.2 Å². The summed E-state index contributed by atoms with van der Waals surface area (Å²) in [5, 5.41) is 12.7. The molecule has 1 aliphatic carbocycles. The van der Waals surface area contributed by atoms with Crippen molar-refractivity contribution in [1.29, 1.82) is 0 Å². The van der Waals surface area contributed by atoms with E-state index in [4.69, 9.17) is 14.5 Å². The van der Waals surface area contributed by atoms with Gasteiger partial charge in [0.1, 0.15) is 12.4 Å². The van der Waals surface area contributed by atoms with Crippen LogP contribution < -0.4 is 9.64 Å². The Balaban J connectivity index is 1.27. The van der Waals surface area contributed by atoms with Crippen molar-refractivity contribution < 1.29 is 24.2 Å². The van der Waals surface area contributed by atoms with Gasteiger partial charge in [0.25, 0.3) is 5.91 Å². The molecular weight excluding hydrogens is 538 g/mol. The van der Waals surface area contributed by atoms with Gasteiger partial charge in [0.05, 0.1) is 18.2 Å². The molecule has 9 heteroatoms. The van der Waals surface area contributed by atoms with E-state index in [1.54, 1.807) is 23.3 Å². The Morgan fingerprint density at radius 3 is 2.56 bits per heavy atom. The van der Waals surface area contributed by atoms with Gasteiger partial charge in [-0.15, -0.1) is 11.3 Å². The van der Waals surface area contributed by atoms with Crippen LogP contribution in [0.15, 0.2) is 41.8 Å². The van der Waals surface area contributed by atoms with Crippen molar-refractivity contribution in [3.05, 3.63) is 64.0 Å². The number of carboxylic acid groups (broad SMARTS) is 1. The van der Waals surface area contributed by atoms with Crippen molar-refractivity contribution in [1.82, 2.24) is 9.88 Å². The highest BCUT2D eigenvalue weighted by Gasteiger charge is 2.46. The number of benzene rings is 2. The van der Waals surface area contributed by atoms with Gasteiger partial charge in [-0.3, -0.25) is 9.59 Å². The minimum atomic E-state index is -0.653. The number of thiazole rings is 1. The van der Waals surface area contributed by atoms with Crippen molar-refractivity contribution in [3.8, 4) is 17.0 Å². The van der Waals surface area contributed by atoms with Crippen LogP contribution in [0.4, 0.5) is 5.13 Å². The van der Waals surface area contributed by atoms with Gasteiger partial charge in [0.15, 0.2) is 5.13 Å².